The van der Waals surface area contributed by atoms with Crippen molar-refractivity contribution in [2.24, 2.45) is 0 Å². The predicted molar refractivity (Wildman–Crippen MR) is 46.8 cm³/mol. The minimum absolute atomic E-state index is 0.168. The average molecular weight is 204 g/mol. The highest BCUT2D eigenvalue weighted by molar-refractivity contribution is 5.34. The zero-order valence-electron chi connectivity index (χ0n) is 7.89. The van der Waals surface area contributed by atoms with Crippen molar-refractivity contribution in [3.05, 3.63) is 34.9 Å². The van der Waals surface area contributed by atoms with Gasteiger partial charge in [0.15, 0.2) is 0 Å². The Bertz CT molecular complexity index is 329. The molecule has 0 unspecified atom stereocenters. The molecule has 0 aliphatic carbocycles. The van der Waals surface area contributed by atoms with E-state index in [1.54, 1.807) is 0 Å². The summed E-state index contributed by atoms with van der Waals surface area (Å²) >= 11 is 0. The van der Waals surface area contributed by atoms with E-state index in [0.717, 1.165) is 6.07 Å². The van der Waals surface area contributed by atoms with E-state index in [0.29, 0.717) is 0 Å². The lowest BCUT2D eigenvalue weighted by Crippen LogP contribution is -2.08. The normalized spacial score (nSPS) is 14.1. The highest BCUT2D eigenvalue weighted by atomic mass is 19.4. The Kier molecular flexibility index (Phi) is 2.85. The van der Waals surface area contributed by atoms with Crippen LogP contribution in [0, 0.1) is 6.92 Å². The molecule has 0 spiro atoms. The van der Waals surface area contributed by atoms with Crippen molar-refractivity contribution in [2.75, 3.05) is 0 Å². The molecule has 0 amide bonds. The summed E-state index contributed by atoms with van der Waals surface area (Å²) in [4.78, 5) is 0. The Morgan fingerprint density at radius 1 is 1.29 bits per heavy atom. The van der Waals surface area contributed by atoms with Gasteiger partial charge in [0.1, 0.15) is 0 Å². The van der Waals surface area contributed by atoms with Gasteiger partial charge in [-0.2, -0.15) is 13.2 Å². The monoisotopic (exact) mass is 204 g/mol. The Hall–Kier alpha value is -1.03. The molecule has 1 aromatic carbocycles. The number of hydrogen-bond acceptors (Lipinski definition) is 1. The van der Waals surface area contributed by atoms with Crippen LogP contribution in [0.4, 0.5) is 13.2 Å². The lowest BCUT2D eigenvalue weighted by Gasteiger charge is -2.13. The second kappa shape index (κ2) is 3.61. The van der Waals surface area contributed by atoms with Crippen molar-refractivity contribution in [1.82, 2.24) is 0 Å². The molecule has 14 heavy (non-hydrogen) atoms. The maximum atomic E-state index is 12.4. The van der Waals surface area contributed by atoms with Gasteiger partial charge in [-0.25, -0.2) is 0 Å². The van der Waals surface area contributed by atoms with Gasteiger partial charge in [0.2, 0.25) is 0 Å². The molecule has 0 aliphatic rings. The van der Waals surface area contributed by atoms with E-state index in [9.17, 15) is 13.2 Å². The molecular weight excluding hydrogens is 193 g/mol. The van der Waals surface area contributed by atoms with E-state index in [1.165, 1.54) is 26.0 Å². The third-order valence-electron chi connectivity index (χ3n) is 2.05. The lowest BCUT2D eigenvalue weighted by molar-refractivity contribution is -0.138. The number of aryl methyl sites for hydroxylation is 1. The summed E-state index contributed by atoms with van der Waals surface area (Å²) in [5.41, 5.74) is -0.235. The number of aliphatic hydroxyl groups is 1. The number of hydrogen-bond donors (Lipinski definition) is 1. The van der Waals surface area contributed by atoms with E-state index in [4.69, 9.17) is 5.11 Å². The van der Waals surface area contributed by atoms with E-state index < -0.39 is 17.8 Å². The quantitative estimate of drug-likeness (QED) is 0.745. The summed E-state index contributed by atoms with van der Waals surface area (Å²) in [7, 11) is 0. The fraction of sp³-hybridized carbons (Fsp3) is 0.400. The van der Waals surface area contributed by atoms with Gasteiger partial charge >= 0.3 is 6.18 Å². The molecule has 1 aromatic rings. The van der Waals surface area contributed by atoms with E-state index in [1.807, 2.05) is 0 Å². The molecule has 0 bridgehead atoms. The van der Waals surface area contributed by atoms with Crippen LogP contribution < -0.4 is 0 Å². The van der Waals surface area contributed by atoms with Crippen molar-refractivity contribution in [2.45, 2.75) is 26.1 Å². The summed E-state index contributed by atoms with van der Waals surface area (Å²) in [6.07, 6.45) is -5.23. The van der Waals surface area contributed by atoms with Crippen molar-refractivity contribution in [3.63, 3.8) is 0 Å². The first-order valence-corrected chi connectivity index (χ1v) is 4.18. The first-order valence-electron chi connectivity index (χ1n) is 4.18. The Morgan fingerprint density at radius 3 is 2.29 bits per heavy atom. The molecule has 0 radical (unpaired) electrons. The number of alkyl halides is 3. The molecule has 1 N–H and O–H groups in total. The van der Waals surface area contributed by atoms with Crippen LogP contribution in [0.3, 0.4) is 0 Å². The van der Waals surface area contributed by atoms with Crippen LogP contribution in [0.5, 0.6) is 0 Å². The van der Waals surface area contributed by atoms with Crippen molar-refractivity contribution in [1.29, 1.82) is 0 Å². The van der Waals surface area contributed by atoms with Gasteiger partial charge < -0.3 is 5.11 Å². The second-order valence-corrected chi connectivity index (χ2v) is 3.25. The van der Waals surface area contributed by atoms with Gasteiger partial charge in [-0.15, -0.1) is 0 Å². The maximum Gasteiger partial charge on any atom is 0.416 e. The van der Waals surface area contributed by atoms with Gasteiger partial charge in [-0.1, -0.05) is 12.1 Å². The molecule has 0 aromatic heterocycles. The summed E-state index contributed by atoms with van der Waals surface area (Å²) < 4.78 is 37.2. The molecule has 4 heteroatoms. The molecule has 0 fully saturated rings. The fourth-order valence-electron chi connectivity index (χ4n) is 1.20. The first kappa shape index (κ1) is 11.0. The molecule has 1 atom stereocenters. The minimum atomic E-state index is -4.35. The van der Waals surface area contributed by atoms with Gasteiger partial charge in [-0.05, 0) is 31.0 Å². The Balaban J connectivity index is 3.22. The zero-order chi connectivity index (χ0) is 10.9. The Labute approximate surface area is 80.2 Å². The van der Waals surface area contributed by atoms with Gasteiger partial charge in [0, 0.05) is 0 Å². The van der Waals surface area contributed by atoms with Gasteiger partial charge in [0.25, 0.3) is 0 Å². The molecular formula is C10H11F3O. The van der Waals surface area contributed by atoms with Crippen LogP contribution in [0.1, 0.15) is 29.7 Å². The predicted octanol–water partition coefficient (Wildman–Crippen LogP) is 3.07. The maximum absolute atomic E-state index is 12.4. The van der Waals surface area contributed by atoms with Crippen LogP contribution in [0.15, 0.2) is 18.2 Å². The SMILES string of the molecule is Cc1ccc([C@H](C)O)cc1C(F)(F)F. The number of rotatable bonds is 1. The lowest BCUT2D eigenvalue weighted by atomic mass is 10.0. The van der Waals surface area contributed by atoms with Crippen LogP contribution in [-0.2, 0) is 6.18 Å². The average Bonchev–Trinajstić information content (AvgIpc) is 2.02. The van der Waals surface area contributed by atoms with E-state index in [-0.39, 0.29) is 11.1 Å². The molecule has 0 aliphatic heterocycles. The first-order chi connectivity index (χ1) is 6.32. The van der Waals surface area contributed by atoms with Crippen molar-refractivity contribution < 1.29 is 18.3 Å². The van der Waals surface area contributed by atoms with Crippen molar-refractivity contribution in [3.8, 4) is 0 Å². The topological polar surface area (TPSA) is 20.2 Å². The van der Waals surface area contributed by atoms with Crippen LogP contribution in [-0.4, -0.2) is 5.11 Å². The van der Waals surface area contributed by atoms with Crippen LogP contribution in [0.2, 0.25) is 0 Å². The molecule has 1 nitrogen and oxygen atoms in total. The summed E-state index contributed by atoms with van der Waals surface area (Å²) in [6.45, 7) is 2.83. The third-order valence-corrected chi connectivity index (χ3v) is 2.05. The summed E-state index contributed by atoms with van der Waals surface area (Å²) in [5, 5.41) is 9.14. The van der Waals surface area contributed by atoms with Crippen LogP contribution in [0.25, 0.3) is 0 Å². The molecule has 78 valence electrons. The second-order valence-electron chi connectivity index (χ2n) is 3.25. The molecule has 0 saturated carbocycles. The minimum Gasteiger partial charge on any atom is -0.389 e. The number of benzene rings is 1. The Morgan fingerprint density at radius 2 is 1.86 bits per heavy atom. The summed E-state index contributed by atoms with van der Waals surface area (Å²) in [5.74, 6) is 0. The van der Waals surface area contributed by atoms with E-state index >= 15 is 0 Å². The van der Waals surface area contributed by atoms with Crippen LogP contribution >= 0.6 is 0 Å². The smallest absolute Gasteiger partial charge is 0.389 e. The van der Waals surface area contributed by atoms with Crippen molar-refractivity contribution >= 4 is 0 Å². The fourth-order valence-corrected chi connectivity index (χ4v) is 1.20. The molecule has 1 rings (SSSR count). The largest absolute Gasteiger partial charge is 0.416 e. The molecule has 0 heterocycles. The highest BCUT2D eigenvalue weighted by Gasteiger charge is 2.32. The highest BCUT2D eigenvalue weighted by Crippen LogP contribution is 2.33. The molecule has 0 saturated heterocycles. The zero-order valence-corrected chi connectivity index (χ0v) is 7.89. The third kappa shape index (κ3) is 2.26. The van der Waals surface area contributed by atoms with Gasteiger partial charge in [0.05, 0.1) is 11.7 Å². The number of halogens is 3. The standard InChI is InChI=1S/C10H11F3O/c1-6-3-4-8(7(2)14)5-9(6)10(11,12)13/h3-5,7,14H,1-2H3/t7-/m0/s1. The van der Waals surface area contributed by atoms with E-state index in [2.05, 4.69) is 0 Å². The summed E-state index contributed by atoms with van der Waals surface area (Å²) in [6, 6.07) is 3.85. The number of aliphatic hydroxyl groups excluding tert-OH is 1. The van der Waals surface area contributed by atoms with Gasteiger partial charge in [-0.3, -0.25) is 0 Å².